The molecule has 0 amide bonds. The van der Waals surface area contributed by atoms with E-state index in [-0.39, 0.29) is 16.7 Å². The second kappa shape index (κ2) is 8.13. The molecule has 0 aliphatic heterocycles. The molecule has 0 bridgehead atoms. The zero-order chi connectivity index (χ0) is 22.7. The van der Waals surface area contributed by atoms with Crippen LogP contribution in [0.15, 0.2) is 24.3 Å². The van der Waals surface area contributed by atoms with Crippen LogP contribution in [0.25, 0.3) is 0 Å². The Morgan fingerprint density at radius 3 is 2.48 bits per heavy atom. The Bertz CT molecular complexity index is 753. The smallest absolute Gasteiger partial charge is 0.137 e. The molecule has 0 aromatic rings. The number of aliphatic hydroxyl groups excluding tert-OH is 2. The Hall–Kier alpha value is -0.930. The molecule has 0 radical (unpaired) electrons. The molecular formula is C28H44O3. The molecule has 0 saturated heterocycles. The summed E-state index contributed by atoms with van der Waals surface area (Å²) in [5, 5.41) is 21.3. The highest BCUT2D eigenvalue weighted by molar-refractivity contribution is 5.83. The molecule has 0 aromatic carbocycles. The van der Waals surface area contributed by atoms with Crippen LogP contribution in [0.5, 0.6) is 0 Å². The van der Waals surface area contributed by atoms with Crippen LogP contribution in [0, 0.1) is 52.3 Å². The van der Waals surface area contributed by atoms with Gasteiger partial charge in [0, 0.05) is 17.8 Å². The van der Waals surface area contributed by atoms with Gasteiger partial charge in [-0.05, 0) is 79.4 Å². The molecule has 2 N–H and O–H groups in total. The van der Waals surface area contributed by atoms with Gasteiger partial charge in [0.05, 0.1) is 12.2 Å². The van der Waals surface area contributed by atoms with Crippen LogP contribution in [-0.4, -0.2) is 28.2 Å². The van der Waals surface area contributed by atoms with E-state index >= 15 is 0 Å². The molecule has 10 unspecified atom stereocenters. The lowest BCUT2D eigenvalue weighted by Gasteiger charge is -2.61. The normalized spacial score (nSPS) is 48.4. The third-order valence-electron chi connectivity index (χ3n) is 10.6. The second-order valence-electron chi connectivity index (χ2n) is 12.3. The summed E-state index contributed by atoms with van der Waals surface area (Å²) in [7, 11) is 0. The first kappa shape index (κ1) is 23.2. The molecule has 0 heterocycles. The van der Waals surface area contributed by atoms with Gasteiger partial charge < -0.3 is 10.2 Å². The fourth-order valence-electron chi connectivity index (χ4n) is 8.58. The monoisotopic (exact) mass is 428 g/mol. The van der Waals surface area contributed by atoms with E-state index in [4.69, 9.17) is 0 Å². The van der Waals surface area contributed by atoms with Crippen LogP contribution in [0.1, 0.15) is 79.6 Å². The first-order valence-electron chi connectivity index (χ1n) is 12.8. The van der Waals surface area contributed by atoms with Crippen molar-refractivity contribution in [1.82, 2.24) is 0 Å². The Morgan fingerprint density at radius 1 is 1.10 bits per heavy atom. The van der Waals surface area contributed by atoms with Gasteiger partial charge in [0.15, 0.2) is 0 Å². The predicted molar refractivity (Wildman–Crippen MR) is 125 cm³/mol. The zero-order valence-electron chi connectivity index (χ0n) is 20.3. The maximum absolute atomic E-state index is 13.3. The fraction of sp³-hybridized carbons (Fsp3) is 0.821. The number of ketones is 1. The van der Waals surface area contributed by atoms with Crippen molar-refractivity contribution >= 4 is 5.78 Å². The summed E-state index contributed by atoms with van der Waals surface area (Å²) in [6, 6.07) is 0. The van der Waals surface area contributed by atoms with Crippen molar-refractivity contribution in [3.8, 4) is 0 Å². The van der Waals surface area contributed by atoms with Crippen molar-refractivity contribution < 1.29 is 15.0 Å². The Balaban J connectivity index is 1.57. The Labute approximate surface area is 189 Å². The molecule has 4 aliphatic rings. The fourth-order valence-corrected chi connectivity index (χ4v) is 8.58. The lowest BCUT2D eigenvalue weighted by Crippen LogP contribution is -2.62. The molecule has 3 heteroatoms. The largest absolute Gasteiger partial charge is 0.393 e. The average Bonchev–Trinajstić information content (AvgIpc) is 3.05. The lowest BCUT2D eigenvalue weighted by molar-refractivity contribution is -0.187. The third-order valence-corrected chi connectivity index (χ3v) is 10.6. The van der Waals surface area contributed by atoms with E-state index in [1.165, 1.54) is 24.8 Å². The van der Waals surface area contributed by atoms with E-state index in [1.807, 2.05) is 0 Å². The molecule has 4 rings (SSSR count). The van der Waals surface area contributed by atoms with Crippen molar-refractivity contribution in [1.29, 1.82) is 0 Å². The number of fused-ring (bicyclic) bond motifs is 5. The molecular weight excluding hydrogens is 384 g/mol. The maximum Gasteiger partial charge on any atom is 0.137 e. The van der Waals surface area contributed by atoms with Gasteiger partial charge in [-0.3, -0.25) is 4.79 Å². The third kappa shape index (κ3) is 3.59. The van der Waals surface area contributed by atoms with Crippen molar-refractivity contribution in [3.63, 3.8) is 0 Å². The molecule has 10 atom stereocenters. The zero-order valence-corrected chi connectivity index (χ0v) is 20.3. The van der Waals surface area contributed by atoms with Crippen LogP contribution in [-0.2, 0) is 4.79 Å². The topological polar surface area (TPSA) is 57.5 Å². The summed E-state index contributed by atoms with van der Waals surface area (Å²) >= 11 is 0. The van der Waals surface area contributed by atoms with Crippen molar-refractivity contribution in [3.05, 3.63) is 24.3 Å². The molecule has 0 aromatic heterocycles. The van der Waals surface area contributed by atoms with Crippen LogP contribution in [0.3, 0.4) is 0 Å². The Morgan fingerprint density at radius 2 is 1.81 bits per heavy atom. The SMILES string of the molecule is C=C(C=CC(C)C1CCC2C3CC(=O)C4CC(O)CC(O)C4(C)C3CCC12C)C(C)C. The minimum Gasteiger partial charge on any atom is -0.393 e. The van der Waals surface area contributed by atoms with Gasteiger partial charge in [-0.1, -0.05) is 58.9 Å². The number of hydrogen-bond acceptors (Lipinski definition) is 3. The summed E-state index contributed by atoms with van der Waals surface area (Å²) in [5.41, 5.74) is 1.10. The van der Waals surface area contributed by atoms with E-state index < -0.39 is 12.2 Å². The maximum atomic E-state index is 13.3. The average molecular weight is 429 g/mol. The number of Topliss-reactive ketones (excluding diaryl/α,β-unsaturated/α-hetero) is 1. The van der Waals surface area contributed by atoms with E-state index in [0.717, 1.165) is 6.42 Å². The number of hydrogen-bond donors (Lipinski definition) is 2. The highest BCUT2D eigenvalue weighted by Gasteiger charge is 2.64. The summed E-state index contributed by atoms with van der Waals surface area (Å²) in [6.07, 6.45) is 9.88. The summed E-state index contributed by atoms with van der Waals surface area (Å²) in [6.45, 7) is 15.6. The van der Waals surface area contributed by atoms with Gasteiger partial charge in [0.2, 0.25) is 0 Å². The molecule has 4 aliphatic carbocycles. The van der Waals surface area contributed by atoms with Crippen LogP contribution >= 0.6 is 0 Å². The second-order valence-corrected chi connectivity index (χ2v) is 12.3. The number of carbonyl (C=O) groups is 1. The predicted octanol–water partition coefficient (Wildman–Crippen LogP) is 5.56. The van der Waals surface area contributed by atoms with Gasteiger partial charge in [0.1, 0.15) is 5.78 Å². The van der Waals surface area contributed by atoms with Gasteiger partial charge in [-0.15, -0.1) is 0 Å². The molecule has 174 valence electrons. The Kier molecular flexibility index (Phi) is 6.10. The first-order valence-corrected chi connectivity index (χ1v) is 12.8. The van der Waals surface area contributed by atoms with Crippen molar-refractivity contribution in [2.75, 3.05) is 0 Å². The number of aliphatic hydroxyl groups is 2. The summed E-state index contributed by atoms with van der Waals surface area (Å²) < 4.78 is 0. The van der Waals surface area contributed by atoms with Gasteiger partial charge in [0.25, 0.3) is 0 Å². The van der Waals surface area contributed by atoms with E-state index in [2.05, 4.69) is 53.3 Å². The van der Waals surface area contributed by atoms with Gasteiger partial charge in [-0.2, -0.15) is 0 Å². The summed E-state index contributed by atoms with van der Waals surface area (Å²) in [4.78, 5) is 13.3. The number of rotatable bonds is 4. The van der Waals surface area contributed by atoms with Crippen LogP contribution in [0.2, 0.25) is 0 Å². The minimum absolute atomic E-state index is 0.169. The molecule has 4 fully saturated rings. The van der Waals surface area contributed by atoms with Crippen molar-refractivity contribution in [2.45, 2.75) is 91.8 Å². The first-order chi connectivity index (χ1) is 14.5. The number of allylic oxidation sites excluding steroid dienone is 3. The minimum atomic E-state index is -0.566. The van der Waals surface area contributed by atoms with E-state index in [9.17, 15) is 15.0 Å². The molecule has 4 saturated carbocycles. The quantitative estimate of drug-likeness (QED) is 0.576. The highest BCUT2D eigenvalue weighted by Crippen LogP contribution is 2.67. The molecule has 3 nitrogen and oxygen atoms in total. The van der Waals surface area contributed by atoms with Gasteiger partial charge in [-0.25, -0.2) is 0 Å². The van der Waals surface area contributed by atoms with E-state index in [1.54, 1.807) is 0 Å². The van der Waals surface area contributed by atoms with E-state index in [0.29, 0.717) is 60.6 Å². The van der Waals surface area contributed by atoms with Crippen LogP contribution in [0.4, 0.5) is 0 Å². The van der Waals surface area contributed by atoms with Gasteiger partial charge >= 0.3 is 0 Å². The molecule has 31 heavy (non-hydrogen) atoms. The highest BCUT2D eigenvalue weighted by atomic mass is 16.3. The number of carbonyl (C=O) groups excluding carboxylic acids is 1. The standard InChI is InChI=1S/C28H44O3/c1-16(2)17(3)7-8-18(4)21-9-10-22-20-15-25(30)24-13-19(29)14-26(31)28(24,6)23(20)11-12-27(21,22)5/h7-8,16,18-24,26,29,31H,3,9-15H2,1-2,4-6H3. The molecule has 0 spiro atoms. The van der Waals surface area contributed by atoms with Crippen LogP contribution < -0.4 is 0 Å². The lowest BCUT2D eigenvalue weighted by atomic mass is 9.43. The van der Waals surface area contributed by atoms with Crippen molar-refractivity contribution in [2.24, 2.45) is 52.3 Å². The summed E-state index contributed by atoms with van der Waals surface area (Å²) in [5.74, 6) is 3.14.